The molecule has 2 saturated heterocycles. The number of nitrogens with one attached hydrogen (secondary N) is 5. The van der Waals surface area contributed by atoms with Gasteiger partial charge in [-0.25, -0.2) is 13.1 Å². The van der Waals surface area contributed by atoms with Crippen molar-refractivity contribution < 1.29 is 36.4 Å². The Morgan fingerprint density at radius 3 is 1.71 bits per heavy atom. The lowest BCUT2D eigenvalue weighted by Crippen LogP contribution is -2.57. The van der Waals surface area contributed by atoms with Crippen LogP contribution in [-0.2, 0) is 40.5 Å². The zero-order valence-corrected chi connectivity index (χ0v) is 34.3. The highest BCUT2D eigenvalue weighted by Gasteiger charge is 2.34. The molecule has 0 spiro atoms. The quantitative estimate of drug-likeness (QED) is 0.0444. The maximum absolute atomic E-state index is 14.2. The Labute approximate surface area is 338 Å². The molecule has 3 unspecified atom stereocenters. The first-order valence-corrected chi connectivity index (χ1v) is 21.2. The summed E-state index contributed by atoms with van der Waals surface area (Å²) in [5.74, 6) is -3.24. The predicted octanol–water partition coefficient (Wildman–Crippen LogP) is 4.14. The van der Waals surface area contributed by atoms with Crippen LogP contribution in [0, 0.1) is 0 Å². The third-order valence-corrected chi connectivity index (χ3v) is 11.6. The van der Waals surface area contributed by atoms with Crippen molar-refractivity contribution in [3.05, 3.63) is 36.4 Å². The monoisotopic (exact) mass is 847 g/mol. The highest BCUT2D eigenvalue weighted by Crippen LogP contribution is 2.41. The first kappa shape index (κ1) is 44.2. The number of unbranched alkanes of at least 4 members (excludes halogenated alkanes) is 4. The molecule has 0 aromatic heterocycles. The Morgan fingerprint density at radius 1 is 0.768 bits per heavy atom. The fraction of sp³-hybridized carbons (Fsp3) is 0.471. The number of sulfonamides is 1. The molecule has 2 aliphatic heterocycles. The Kier molecular flexibility index (Phi) is 15.9. The summed E-state index contributed by atoms with van der Waals surface area (Å²) in [7, 11) is -4.36. The number of amides is 4. The van der Waals surface area contributed by atoms with Crippen molar-refractivity contribution in [2.75, 3.05) is 4.31 Å². The summed E-state index contributed by atoms with van der Waals surface area (Å²) >= 11 is 6.79. The standard InChI is InChI=1S/C34H44N10O8S4/c1-5-7-9-11-19(3)43-56(51,52)26-18-22(40-42-28-31(47)37-34(54)38-32(28)48)14-16-24(26)23-15-13-21(39-41-27-29(45)35-33(53)36-30(27)46)17-25(23)44(55(49)50)20(4)12-10-8-6-2/h13-20,27-28,43H,5-12H2,1-4H3,(H,49,50)(H2,35,36,45,46,53)(H2,37,38,47,48,54)/p-1. The number of carbonyl (C=O) groups excluding carboxylic acids is 4. The minimum atomic E-state index is -4.36. The number of rotatable bonds is 19. The third kappa shape index (κ3) is 11.5. The van der Waals surface area contributed by atoms with Crippen molar-refractivity contribution in [2.45, 2.75) is 108 Å². The van der Waals surface area contributed by atoms with Crippen molar-refractivity contribution in [2.24, 2.45) is 20.5 Å². The van der Waals surface area contributed by atoms with Gasteiger partial charge < -0.3 is 25.8 Å². The minimum absolute atomic E-state index is 0.0332. The fourth-order valence-electron chi connectivity index (χ4n) is 5.85. The molecular formula is C34H43N10O8S4-. The number of nitrogens with zero attached hydrogens (tertiary/aromatic N) is 5. The van der Waals surface area contributed by atoms with Crippen LogP contribution in [0.25, 0.3) is 11.1 Å². The molecular weight excluding hydrogens is 805 g/mol. The molecule has 2 heterocycles. The smallest absolute Gasteiger partial charge is 0.262 e. The van der Waals surface area contributed by atoms with Crippen LogP contribution in [0.1, 0.15) is 79.1 Å². The van der Waals surface area contributed by atoms with Crippen LogP contribution in [0.2, 0.25) is 0 Å². The summed E-state index contributed by atoms with van der Waals surface area (Å²) in [6.45, 7) is 7.49. The van der Waals surface area contributed by atoms with Gasteiger partial charge in [0.05, 0.1) is 22.0 Å². The first-order chi connectivity index (χ1) is 26.6. The second-order valence-corrected chi connectivity index (χ2v) is 16.5. The lowest BCUT2D eigenvalue weighted by atomic mass is 10.0. The van der Waals surface area contributed by atoms with Gasteiger partial charge in [0.2, 0.25) is 22.1 Å². The van der Waals surface area contributed by atoms with Crippen LogP contribution < -0.4 is 30.3 Å². The molecule has 2 aliphatic rings. The maximum atomic E-state index is 14.2. The van der Waals surface area contributed by atoms with E-state index in [1.807, 2.05) is 13.8 Å². The SMILES string of the molecule is CCCCCC(C)NS(=O)(=O)c1cc(N=NC2C(=O)NC(=S)NC2=O)ccc1-c1ccc(N=NC2C(=O)NC(=S)NC2=O)cc1N(C(C)CCCCC)S(=O)[O-]. The van der Waals surface area contributed by atoms with Crippen LogP contribution in [0.5, 0.6) is 0 Å². The van der Waals surface area contributed by atoms with Crippen molar-refractivity contribution >= 4 is 96.6 Å². The van der Waals surface area contributed by atoms with Crippen molar-refractivity contribution in [3.63, 3.8) is 0 Å². The molecule has 2 aromatic rings. The minimum Gasteiger partial charge on any atom is -0.755 e. The van der Waals surface area contributed by atoms with Gasteiger partial charge in [-0.2, -0.15) is 20.5 Å². The van der Waals surface area contributed by atoms with Crippen molar-refractivity contribution in [3.8, 4) is 11.1 Å². The van der Waals surface area contributed by atoms with Gasteiger partial charge in [-0.15, -0.1) is 0 Å². The highest BCUT2D eigenvalue weighted by molar-refractivity contribution is 7.89. The van der Waals surface area contributed by atoms with Crippen LogP contribution in [0.15, 0.2) is 61.8 Å². The van der Waals surface area contributed by atoms with Gasteiger partial charge in [0, 0.05) is 34.5 Å². The summed E-state index contributed by atoms with van der Waals surface area (Å²) in [5, 5.41) is 24.6. The molecule has 56 heavy (non-hydrogen) atoms. The number of anilines is 1. The molecule has 302 valence electrons. The number of hydrogen-bond acceptors (Lipinski definition) is 14. The van der Waals surface area contributed by atoms with E-state index in [2.05, 4.69) is 46.4 Å². The predicted molar refractivity (Wildman–Crippen MR) is 215 cm³/mol. The number of benzene rings is 2. The average molecular weight is 848 g/mol. The van der Waals surface area contributed by atoms with E-state index in [-0.39, 0.29) is 43.3 Å². The number of azo groups is 2. The van der Waals surface area contributed by atoms with E-state index in [4.69, 9.17) is 24.4 Å². The zero-order valence-electron chi connectivity index (χ0n) is 31.1. The van der Waals surface area contributed by atoms with Gasteiger partial charge in [-0.1, -0.05) is 64.5 Å². The molecule has 3 atom stereocenters. The molecule has 2 fully saturated rings. The molecule has 0 aliphatic carbocycles. The van der Waals surface area contributed by atoms with Gasteiger partial charge >= 0.3 is 0 Å². The molecule has 22 heteroatoms. The zero-order chi connectivity index (χ0) is 41.2. The molecule has 0 radical (unpaired) electrons. The van der Waals surface area contributed by atoms with E-state index in [9.17, 15) is 36.4 Å². The van der Waals surface area contributed by atoms with Gasteiger partial charge in [0.25, 0.3) is 23.6 Å². The molecule has 4 amide bonds. The van der Waals surface area contributed by atoms with Gasteiger partial charge in [0.15, 0.2) is 10.2 Å². The van der Waals surface area contributed by atoms with Gasteiger partial charge in [-0.3, -0.25) is 27.7 Å². The van der Waals surface area contributed by atoms with E-state index in [1.165, 1.54) is 36.4 Å². The van der Waals surface area contributed by atoms with E-state index in [1.54, 1.807) is 13.8 Å². The number of hydrogen-bond donors (Lipinski definition) is 5. The van der Waals surface area contributed by atoms with Gasteiger partial charge in [-0.05, 0) is 75.4 Å². The lowest BCUT2D eigenvalue weighted by molar-refractivity contribution is -0.132. The molecule has 0 saturated carbocycles. The second-order valence-electron chi connectivity index (χ2n) is 13.1. The van der Waals surface area contributed by atoms with E-state index >= 15 is 0 Å². The summed E-state index contributed by atoms with van der Waals surface area (Å²) < 4.78 is 58.4. The van der Waals surface area contributed by atoms with E-state index in [0.29, 0.717) is 19.3 Å². The largest absolute Gasteiger partial charge is 0.755 e. The molecule has 4 rings (SSSR count). The first-order valence-electron chi connectivity index (χ1n) is 17.9. The molecule has 0 bridgehead atoms. The summed E-state index contributed by atoms with van der Waals surface area (Å²) in [6, 6.07) is 4.00. The fourth-order valence-corrected chi connectivity index (χ4v) is 8.48. The Bertz CT molecular complexity index is 2020. The summed E-state index contributed by atoms with van der Waals surface area (Å²) in [5.41, 5.74) is 0.288. The Hall–Kier alpha value is -4.48. The topological polar surface area (TPSA) is 255 Å². The van der Waals surface area contributed by atoms with Crippen molar-refractivity contribution in [1.29, 1.82) is 0 Å². The third-order valence-electron chi connectivity index (χ3n) is 8.66. The maximum Gasteiger partial charge on any atom is 0.262 e. The van der Waals surface area contributed by atoms with Crippen LogP contribution in [-0.4, -0.2) is 75.2 Å². The average Bonchev–Trinajstić information content (AvgIpc) is 3.11. The van der Waals surface area contributed by atoms with Gasteiger partial charge in [0.1, 0.15) is 0 Å². The second kappa shape index (κ2) is 20.1. The van der Waals surface area contributed by atoms with E-state index < -0.39 is 69.1 Å². The summed E-state index contributed by atoms with van der Waals surface area (Å²) in [4.78, 5) is 49.3. The van der Waals surface area contributed by atoms with Crippen LogP contribution >= 0.6 is 24.4 Å². The normalized spacial score (nSPS) is 17.4. The number of thiocarbonyl (C=S) groups is 2. The number of carbonyl (C=O) groups is 4. The van der Waals surface area contributed by atoms with Crippen LogP contribution in [0.3, 0.4) is 0 Å². The molecule has 2 aromatic carbocycles. The molecule has 5 N–H and O–H groups in total. The molecule has 18 nitrogen and oxygen atoms in total. The Balaban J connectivity index is 1.89. The Morgan fingerprint density at radius 2 is 1.23 bits per heavy atom. The van der Waals surface area contributed by atoms with E-state index in [0.717, 1.165) is 36.4 Å². The lowest BCUT2D eigenvalue weighted by Gasteiger charge is -2.34. The summed E-state index contributed by atoms with van der Waals surface area (Å²) in [6.07, 6.45) is 6.04. The highest BCUT2D eigenvalue weighted by atomic mass is 32.2. The van der Waals surface area contributed by atoms with Crippen molar-refractivity contribution in [1.82, 2.24) is 26.0 Å². The van der Waals surface area contributed by atoms with Crippen LogP contribution in [0.4, 0.5) is 17.1 Å².